The number of anilines is 1. The summed E-state index contributed by atoms with van der Waals surface area (Å²) in [4.78, 5) is 14.2. The van der Waals surface area contributed by atoms with Gasteiger partial charge in [-0.2, -0.15) is 11.8 Å². The Kier molecular flexibility index (Phi) is 5.49. The van der Waals surface area contributed by atoms with Gasteiger partial charge < -0.3 is 10.6 Å². The van der Waals surface area contributed by atoms with E-state index in [1.54, 1.807) is 34.9 Å². The van der Waals surface area contributed by atoms with Gasteiger partial charge in [0.2, 0.25) is 15.9 Å². The quantitative estimate of drug-likeness (QED) is 0.787. The number of hydrogen-bond acceptors (Lipinski definition) is 5. The van der Waals surface area contributed by atoms with Crippen LogP contribution in [0, 0.1) is 0 Å². The normalized spacial score (nSPS) is 15.7. The fourth-order valence-corrected chi connectivity index (χ4v) is 3.68. The summed E-state index contributed by atoms with van der Waals surface area (Å²) < 4.78 is 26.1. The molecule has 2 rings (SSSR count). The second-order valence-corrected chi connectivity index (χ2v) is 8.00. The highest BCUT2D eigenvalue weighted by molar-refractivity contribution is 7.98. The predicted molar refractivity (Wildman–Crippen MR) is 89.7 cm³/mol. The lowest BCUT2D eigenvalue weighted by atomic mass is 10.1. The van der Waals surface area contributed by atoms with Crippen LogP contribution in [0.4, 0.5) is 5.69 Å². The highest BCUT2D eigenvalue weighted by Gasteiger charge is 2.29. The first-order valence-corrected chi connectivity index (χ1v) is 9.90. The van der Waals surface area contributed by atoms with Crippen molar-refractivity contribution in [3.8, 4) is 0 Å². The molecule has 3 N–H and O–H groups in total. The van der Waals surface area contributed by atoms with E-state index in [0.717, 1.165) is 17.7 Å². The minimum absolute atomic E-state index is 0.146. The SMILES string of the molecule is CNS(=O)(=O)c1ccc2c(c1)N(C(=O)[C@@H](N)CCSC)CC2. The van der Waals surface area contributed by atoms with Crippen LogP contribution in [0.25, 0.3) is 0 Å². The third-order valence-electron chi connectivity index (χ3n) is 3.75. The minimum atomic E-state index is -3.53. The van der Waals surface area contributed by atoms with Crippen molar-refractivity contribution in [2.75, 3.05) is 30.5 Å². The van der Waals surface area contributed by atoms with Crippen LogP contribution < -0.4 is 15.4 Å². The molecular formula is C14H21N3O3S2. The van der Waals surface area contributed by atoms with Crippen molar-refractivity contribution >= 4 is 33.4 Å². The number of carbonyl (C=O) groups is 1. The number of carbonyl (C=O) groups excluding carboxylic acids is 1. The summed E-state index contributed by atoms with van der Waals surface area (Å²) in [6.07, 6.45) is 3.30. The van der Waals surface area contributed by atoms with E-state index < -0.39 is 16.1 Å². The smallest absolute Gasteiger partial charge is 0.243 e. The molecule has 0 aromatic heterocycles. The number of sulfonamides is 1. The van der Waals surface area contributed by atoms with E-state index in [1.165, 1.54) is 7.05 Å². The summed E-state index contributed by atoms with van der Waals surface area (Å²) >= 11 is 1.65. The highest BCUT2D eigenvalue weighted by Crippen LogP contribution is 2.31. The molecule has 1 amide bonds. The van der Waals surface area contributed by atoms with E-state index in [2.05, 4.69) is 4.72 Å². The van der Waals surface area contributed by atoms with Crippen LogP contribution in [0.2, 0.25) is 0 Å². The second-order valence-electron chi connectivity index (χ2n) is 5.13. The Morgan fingerprint density at radius 2 is 2.23 bits per heavy atom. The van der Waals surface area contributed by atoms with E-state index in [-0.39, 0.29) is 10.8 Å². The van der Waals surface area contributed by atoms with Crippen molar-refractivity contribution in [1.82, 2.24) is 4.72 Å². The Morgan fingerprint density at radius 3 is 2.86 bits per heavy atom. The van der Waals surface area contributed by atoms with E-state index in [9.17, 15) is 13.2 Å². The van der Waals surface area contributed by atoms with Gasteiger partial charge in [-0.05, 0) is 49.6 Å². The van der Waals surface area contributed by atoms with Gasteiger partial charge in [0.15, 0.2) is 0 Å². The second kappa shape index (κ2) is 6.99. The maximum atomic E-state index is 12.5. The van der Waals surface area contributed by atoms with Crippen LogP contribution in [0.5, 0.6) is 0 Å². The number of fused-ring (bicyclic) bond motifs is 1. The number of benzene rings is 1. The van der Waals surface area contributed by atoms with Crippen molar-refractivity contribution < 1.29 is 13.2 Å². The van der Waals surface area contributed by atoms with Crippen LogP contribution >= 0.6 is 11.8 Å². The largest absolute Gasteiger partial charge is 0.320 e. The van der Waals surface area contributed by atoms with Crippen molar-refractivity contribution in [3.05, 3.63) is 23.8 Å². The Labute approximate surface area is 135 Å². The molecule has 0 spiro atoms. The first-order valence-electron chi connectivity index (χ1n) is 7.03. The minimum Gasteiger partial charge on any atom is -0.320 e. The maximum absolute atomic E-state index is 12.5. The fraction of sp³-hybridized carbons (Fsp3) is 0.500. The summed E-state index contributed by atoms with van der Waals surface area (Å²) in [5.74, 6) is 0.675. The molecule has 1 aromatic rings. The van der Waals surface area contributed by atoms with Gasteiger partial charge in [-0.3, -0.25) is 4.79 Å². The number of thioether (sulfide) groups is 1. The number of nitrogens with one attached hydrogen (secondary N) is 1. The lowest BCUT2D eigenvalue weighted by molar-refractivity contribution is -0.119. The Balaban J connectivity index is 2.27. The summed E-state index contributed by atoms with van der Waals surface area (Å²) in [6, 6.07) is 4.32. The lowest BCUT2D eigenvalue weighted by Crippen LogP contribution is -2.43. The lowest BCUT2D eigenvalue weighted by Gasteiger charge is -2.22. The Bertz CT molecular complexity index is 661. The summed E-state index contributed by atoms with van der Waals surface area (Å²) in [5, 5.41) is 0. The van der Waals surface area contributed by atoms with E-state index in [0.29, 0.717) is 18.7 Å². The molecule has 0 unspecified atom stereocenters. The highest BCUT2D eigenvalue weighted by atomic mass is 32.2. The van der Waals surface area contributed by atoms with Gasteiger partial charge in [-0.1, -0.05) is 6.07 Å². The van der Waals surface area contributed by atoms with Gasteiger partial charge in [0, 0.05) is 12.2 Å². The van der Waals surface area contributed by atoms with Crippen molar-refractivity contribution in [3.63, 3.8) is 0 Å². The molecule has 1 aromatic carbocycles. The summed E-state index contributed by atoms with van der Waals surface area (Å²) in [5.41, 5.74) is 7.58. The summed E-state index contributed by atoms with van der Waals surface area (Å²) in [6.45, 7) is 0.546. The first kappa shape index (κ1) is 17.3. The molecule has 0 saturated carbocycles. The van der Waals surface area contributed by atoms with Crippen LogP contribution in [-0.4, -0.2) is 46.0 Å². The van der Waals surface area contributed by atoms with Gasteiger partial charge in [-0.15, -0.1) is 0 Å². The number of hydrogen-bond donors (Lipinski definition) is 2. The summed E-state index contributed by atoms with van der Waals surface area (Å²) in [7, 11) is -2.16. The number of amides is 1. The third kappa shape index (κ3) is 3.45. The average Bonchev–Trinajstić information content (AvgIpc) is 2.94. The molecule has 0 bridgehead atoms. The van der Waals surface area contributed by atoms with Gasteiger partial charge in [-0.25, -0.2) is 13.1 Å². The Hall–Kier alpha value is -1.09. The van der Waals surface area contributed by atoms with Crippen LogP contribution in [0.3, 0.4) is 0 Å². The molecule has 1 aliphatic rings. The molecule has 0 aliphatic carbocycles. The van der Waals surface area contributed by atoms with E-state index in [1.807, 2.05) is 6.26 Å². The first-order chi connectivity index (χ1) is 10.4. The molecule has 1 atom stereocenters. The zero-order chi connectivity index (χ0) is 16.3. The molecule has 0 saturated heterocycles. The van der Waals surface area contributed by atoms with E-state index in [4.69, 9.17) is 5.73 Å². The average molecular weight is 343 g/mol. The zero-order valence-corrected chi connectivity index (χ0v) is 14.3. The van der Waals surface area contributed by atoms with Gasteiger partial charge >= 0.3 is 0 Å². The van der Waals surface area contributed by atoms with Crippen molar-refractivity contribution in [1.29, 1.82) is 0 Å². The number of nitrogens with two attached hydrogens (primary N) is 1. The third-order valence-corrected chi connectivity index (χ3v) is 5.80. The molecule has 0 radical (unpaired) electrons. The topological polar surface area (TPSA) is 92.5 Å². The molecule has 1 aliphatic heterocycles. The molecule has 122 valence electrons. The molecule has 8 heteroatoms. The molecule has 6 nitrogen and oxygen atoms in total. The van der Waals surface area contributed by atoms with Gasteiger partial charge in [0.25, 0.3) is 0 Å². The Morgan fingerprint density at radius 1 is 1.50 bits per heavy atom. The van der Waals surface area contributed by atoms with Gasteiger partial charge in [0.05, 0.1) is 10.9 Å². The molecular weight excluding hydrogens is 322 g/mol. The van der Waals surface area contributed by atoms with Crippen molar-refractivity contribution in [2.45, 2.75) is 23.8 Å². The van der Waals surface area contributed by atoms with E-state index >= 15 is 0 Å². The molecule has 1 heterocycles. The molecule has 22 heavy (non-hydrogen) atoms. The number of nitrogens with zero attached hydrogens (tertiary/aromatic N) is 1. The maximum Gasteiger partial charge on any atom is 0.243 e. The number of rotatable bonds is 6. The van der Waals surface area contributed by atoms with Crippen LogP contribution in [-0.2, 0) is 21.2 Å². The van der Waals surface area contributed by atoms with Crippen LogP contribution in [0.1, 0.15) is 12.0 Å². The standard InChI is InChI=1S/C14H21N3O3S2/c1-16-22(19,20)11-4-3-10-5-7-17(13(10)9-11)14(18)12(15)6-8-21-2/h3-4,9,12,16H,5-8,15H2,1-2H3/t12-/m0/s1. The van der Waals surface area contributed by atoms with Crippen molar-refractivity contribution in [2.24, 2.45) is 5.73 Å². The zero-order valence-electron chi connectivity index (χ0n) is 12.7. The predicted octanol–water partition coefficient (Wildman–Crippen LogP) is 0.564. The van der Waals surface area contributed by atoms with Crippen LogP contribution in [0.15, 0.2) is 23.1 Å². The monoisotopic (exact) mass is 343 g/mol. The molecule has 0 fully saturated rings. The van der Waals surface area contributed by atoms with Gasteiger partial charge in [0.1, 0.15) is 0 Å². The fourth-order valence-electron chi connectivity index (χ4n) is 2.44.